The molecule has 0 aliphatic heterocycles. The smallest absolute Gasteiger partial charge is 0.303 e. The lowest BCUT2D eigenvalue weighted by atomic mass is 10.0. The molecule has 16 heavy (non-hydrogen) atoms. The van der Waals surface area contributed by atoms with Gasteiger partial charge < -0.3 is 10.8 Å². The van der Waals surface area contributed by atoms with Crippen molar-refractivity contribution < 1.29 is 9.90 Å². The summed E-state index contributed by atoms with van der Waals surface area (Å²) in [5, 5.41) is 8.49. The molecule has 0 saturated carbocycles. The van der Waals surface area contributed by atoms with E-state index in [0.29, 0.717) is 12.8 Å². The van der Waals surface area contributed by atoms with Crippen LogP contribution in [-0.4, -0.2) is 11.1 Å². The van der Waals surface area contributed by atoms with Crippen LogP contribution in [0.4, 0.5) is 0 Å². The van der Waals surface area contributed by atoms with Gasteiger partial charge in [-0.1, -0.05) is 28.1 Å². The van der Waals surface area contributed by atoms with Gasteiger partial charge in [-0.25, -0.2) is 0 Å². The first-order valence-electron chi connectivity index (χ1n) is 4.82. The van der Waals surface area contributed by atoms with Crippen molar-refractivity contribution in [2.75, 3.05) is 0 Å². The van der Waals surface area contributed by atoms with Crippen molar-refractivity contribution in [3.05, 3.63) is 34.3 Å². The van der Waals surface area contributed by atoms with Crippen LogP contribution >= 0.6 is 28.3 Å². The zero-order valence-corrected chi connectivity index (χ0v) is 11.1. The average molecular weight is 309 g/mol. The van der Waals surface area contributed by atoms with E-state index in [0.717, 1.165) is 10.0 Å². The van der Waals surface area contributed by atoms with Gasteiger partial charge in [0.15, 0.2) is 0 Å². The van der Waals surface area contributed by atoms with Gasteiger partial charge in [0.25, 0.3) is 0 Å². The standard InChI is InChI=1S/C11H14BrNO2.ClH/c12-9-6-4-8(5-7-9)10(13)2-1-3-11(14)15;/h4-7,10H,1-3,13H2,(H,14,15);1H. The molecule has 5 heteroatoms. The van der Waals surface area contributed by atoms with Crippen LogP contribution in [0.1, 0.15) is 30.9 Å². The minimum Gasteiger partial charge on any atom is -0.481 e. The second kappa shape index (κ2) is 7.65. The number of halogens is 2. The summed E-state index contributed by atoms with van der Waals surface area (Å²) in [7, 11) is 0. The summed E-state index contributed by atoms with van der Waals surface area (Å²) >= 11 is 3.35. The SMILES string of the molecule is Cl.NC(CCCC(=O)O)c1ccc(Br)cc1. The Hall–Kier alpha value is -0.580. The fourth-order valence-corrected chi connectivity index (χ4v) is 1.61. The Labute approximate surface area is 110 Å². The van der Waals surface area contributed by atoms with Crippen LogP contribution in [0.25, 0.3) is 0 Å². The normalized spacial score (nSPS) is 11.6. The predicted molar refractivity (Wildman–Crippen MR) is 69.8 cm³/mol. The Bertz CT molecular complexity index is 329. The van der Waals surface area contributed by atoms with Crippen LogP contribution in [0.5, 0.6) is 0 Å². The molecule has 1 aromatic rings. The van der Waals surface area contributed by atoms with Gasteiger partial charge in [-0.15, -0.1) is 12.4 Å². The zero-order valence-electron chi connectivity index (χ0n) is 8.73. The summed E-state index contributed by atoms with van der Waals surface area (Å²) in [6.07, 6.45) is 1.50. The van der Waals surface area contributed by atoms with Crippen LogP contribution in [0.3, 0.4) is 0 Å². The molecule has 0 fully saturated rings. The van der Waals surface area contributed by atoms with E-state index in [1.54, 1.807) is 0 Å². The van der Waals surface area contributed by atoms with Crippen molar-refractivity contribution in [2.45, 2.75) is 25.3 Å². The third-order valence-corrected chi connectivity index (χ3v) is 2.73. The highest BCUT2D eigenvalue weighted by molar-refractivity contribution is 9.10. The molecule has 90 valence electrons. The van der Waals surface area contributed by atoms with E-state index in [9.17, 15) is 4.79 Å². The first-order chi connectivity index (χ1) is 7.09. The predicted octanol–water partition coefficient (Wildman–Crippen LogP) is 3.13. The molecule has 0 aliphatic carbocycles. The van der Waals surface area contributed by atoms with E-state index in [1.165, 1.54) is 0 Å². The fourth-order valence-electron chi connectivity index (χ4n) is 1.35. The average Bonchev–Trinajstić information content (AvgIpc) is 2.18. The van der Waals surface area contributed by atoms with E-state index in [-0.39, 0.29) is 24.9 Å². The van der Waals surface area contributed by atoms with E-state index in [1.807, 2.05) is 24.3 Å². The highest BCUT2D eigenvalue weighted by Crippen LogP contribution is 2.19. The molecule has 0 aliphatic rings. The highest BCUT2D eigenvalue weighted by Gasteiger charge is 2.06. The van der Waals surface area contributed by atoms with E-state index >= 15 is 0 Å². The van der Waals surface area contributed by atoms with Gasteiger partial charge in [-0.2, -0.15) is 0 Å². The Morgan fingerprint density at radius 1 is 1.38 bits per heavy atom. The Morgan fingerprint density at radius 2 is 1.94 bits per heavy atom. The molecule has 1 unspecified atom stereocenters. The van der Waals surface area contributed by atoms with Gasteiger partial charge >= 0.3 is 5.97 Å². The first-order valence-corrected chi connectivity index (χ1v) is 5.61. The third kappa shape index (κ3) is 5.49. The van der Waals surface area contributed by atoms with Gasteiger partial charge in [0, 0.05) is 16.9 Å². The van der Waals surface area contributed by atoms with Crippen LogP contribution in [0.2, 0.25) is 0 Å². The molecule has 1 rings (SSSR count). The van der Waals surface area contributed by atoms with Gasteiger partial charge in [0.05, 0.1) is 0 Å². The quantitative estimate of drug-likeness (QED) is 0.878. The molecule has 0 saturated heterocycles. The van der Waals surface area contributed by atoms with Gasteiger partial charge in [-0.3, -0.25) is 4.79 Å². The molecule has 0 spiro atoms. The molecular weight excluding hydrogens is 293 g/mol. The lowest BCUT2D eigenvalue weighted by Gasteiger charge is -2.10. The molecule has 0 amide bonds. The number of hydrogen-bond acceptors (Lipinski definition) is 2. The molecule has 1 atom stereocenters. The van der Waals surface area contributed by atoms with Crippen molar-refractivity contribution in [2.24, 2.45) is 5.73 Å². The molecule has 0 bridgehead atoms. The number of carboxylic acids is 1. The second-order valence-electron chi connectivity index (χ2n) is 3.44. The van der Waals surface area contributed by atoms with Crippen LogP contribution in [0, 0.1) is 0 Å². The van der Waals surface area contributed by atoms with Crippen molar-refractivity contribution in [1.82, 2.24) is 0 Å². The van der Waals surface area contributed by atoms with Crippen LogP contribution in [0.15, 0.2) is 28.7 Å². The molecule has 0 heterocycles. The number of nitrogens with two attached hydrogens (primary N) is 1. The molecule has 0 aromatic heterocycles. The molecule has 3 N–H and O–H groups in total. The number of benzene rings is 1. The van der Waals surface area contributed by atoms with Crippen LogP contribution < -0.4 is 5.73 Å². The second-order valence-corrected chi connectivity index (χ2v) is 4.36. The van der Waals surface area contributed by atoms with E-state index in [2.05, 4.69) is 15.9 Å². The Morgan fingerprint density at radius 3 is 2.44 bits per heavy atom. The minimum absolute atomic E-state index is 0. The highest BCUT2D eigenvalue weighted by atomic mass is 79.9. The molecular formula is C11H15BrClNO2. The lowest BCUT2D eigenvalue weighted by Crippen LogP contribution is -2.10. The lowest BCUT2D eigenvalue weighted by molar-refractivity contribution is -0.137. The number of aliphatic carboxylic acids is 1. The monoisotopic (exact) mass is 307 g/mol. The van der Waals surface area contributed by atoms with Crippen molar-refractivity contribution >= 4 is 34.3 Å². The molecule has 0 radical (unpaired) electrons. The molecule has 3 nitrogen and oxygen atoms in total. The summed E-state index contributed by atoms with van der Waals surface area (Å²) in [6.45, 7) is 0. The summed E-state index contributed by atoms with van der Waals surface area (Å²) in [5.41, 5.74) is 6.97. The summed E-state index contributed by atoms with van der Waals surface area (Å²) in [6, 6.07) is 7.71. The Kier molecular flexibility index (Phi) is 7.38. The number of hydrogen-bond donors (Lipinski definition) is 2. The van der Waals surface area contributed by atoms with Crippen molar-refractivity contribution in [1.29, 1.82) is 0 Å². The van der Waals surface area contributed by atoms with Gasteiger partial charge in [-0.05, 0) is 30.5 Å². The maximum absolute atomic E-state index is 10.3. The zero-order chi connectivity index (χ0) is 11.3. The van der Waals surface area contributed by atoms with Crippen LogP contribution in [-0.2, 0) is 4.79 Å². The fraction of sp³-hybridized carbons (Fsp3) is 0.364. The summed E-state index contributed by atoms with van der Waals surface area (Å²) in [4.78, 5) is 10.3. The summed E-state index contributed by atoms with van der Waals surface area (Å²) < 4.78 is 1.02. The third-order valence-electron chi connectivity index (χ3n) is 2.20. The van der Waals surface area contributed by atoms with E-state index in [4.69, 9.17) is 10.8 Å². The topological polar surface area (TPSA) is 63.3 Å². The first kappa shape index (κ1) is 15.4. The largest absolute Gasteiger partial charge is 0.481 e. The van der Waals surface area contributed by atoms with Crippen molar-refractivity contribution in [3.8, 4) is 0 Å². The number of carboxylic acid groups (broad SMARTS) is 1. The van der Waals surface area contributed by atoms with Gasteiger partial charge in [0.2, 0.25) is 0 Å². The molecule has 1 aromatic carbocycles. The number of rotatable bonds is 5. The summed E-state index contributed by atoms with van der Waals surface area (Å²) in [5.74, 6) is -0.766. The minimum atomic E-state index is -0.766. The maximum Gasteiger partial charge on any atom is 0.303 e. The number of carbonyl (C=O) groups is 1. The maximum atomic E-state index is 10.3. The van der Waals surface area contributed by atoms with Gasteiger partial charge in [0.1, 0.15) is 0 Å². The Balaban J connectivity index is 0.00000225. The van der Waals surface area contributed by atoms with Crippen molar-refractivity contribution in [3.63, 3.8) is 0 Å². The van der Waals surface area contributed by atoms with E-state index < -0.39 is 5.97 Å².